The zero-order valence-electron chi connectivity index (χ0n) is 11.1. The Hall–Kier alpha value is -2.15. The molecule has 0 N–H and O–H groups in total. The third-order valence-corrected chi connectivity index (χ3v) is 4.75. The first kappa shape index (κ1) is 11.7. The van der Waals surface area contributed by atoms with Gasteiger partial charge < -0.3 is 4.52 Å². The highest BCUT2D eigenvalue weighted by atomic mass is 16.5. The first-order chi connectivity index (χ1) is 9.83. The number of nitriles is 1. The molecule has 1 heterocycles. The maximum Gasteiger partial charge on any atom is 0.257 e. The summed E-state index contributed by atoms with van der Waals surface area (Å²) in [6.45, 7) is 0. The lowest BCUT2D eigenvalue weighted by Crippen LogP contribution is -2.09. The van der Waals surface area contributed by atoms with Gasteiger partial charge in [-0.1, -0.05) is 17.6 Å². The Balaban J connectivity index is 1.63. The van der Waals surface area contributed by atoms with Gasteiger partial charge >= 0.3 is 0 Å². The molecule has 2 saturated carbocycles. The summed E-state index contributed by atoms with van der Waals surface area (Å²) in [6, 6.07) is 9.44. The molecule has 4 rings (SSSR count). The van der Waals surface area contributed by atoms with E-state index in [2.05, 4.69) is 16.2 Å². The second kappa shape index (κ2) is 4.45. The van der Waals surface area contributed by atoms with Crippen molar-refractivity contribution >= 4 is 0 Å². The minimum absolute atomic E-state index is 0.477. The van der Waals surface area contributed by atoms with E-state index in [9.17, 15) is 0 Å². The van der Waals surface area contributed by atoms with Crippen molar-refractivity contribution in [3.05, 3.63) is 35.7 Å². The topological polar surface area (TPSA) is 62.7 Å². The predicted octanol–water partition coefficient (Wildman–Crippen LogP) is 3.51. The van der Waals surface area contributed by atoms with Crippen LogP contribution in [0.1, 0.15) is 43.0 Å². The van der Waals surface area contributed by atoms with Gasteiger partial charge in [-0.05, 0) is 49.3 Å². The second-order valence-corrected chi connectivity index (χ2v) is 5.93. The number of hydrogen-bond acceptors (Lipinski definition) is 4. The predicted molar refractivity (Wildman–Crippen MR) is 72.6 cm³/mol. The molecule has 3 unspecified atom stereocenters. The van der Waals surface area contributed by atoms with E-state index in [1.54, 1.807) is 12.1 Å². The summed E-state index contributed by atoms with van der Waals surface area (Å²) in [5.41, 5.74) is 1.44. The molecule has 2 aromatic rings. The number of benzene rings is 1. The summed E-state index contributed by atoms with van der Waals surface area (Å²) >= 11 is 0. The summed E-state index contributed by atoms with van der Waals surface area (Å²) in [5.74, 6) is 3.48. The van der Waals surface area contributed by atoms with Crippen LogP contribution in [-0.2, 0) is 0 Å². The monoisotopic (exact) mass is 265 g/mol. The molecule has 20 heavy (non-hydrogen) atoms. The SMILES string of the molecule is N#Cc1cccc(-c2nc(C3CC4CCC3C4)no2)c1. The van der Waals surface area contributed by atoms with Crippen molar-refractivity contribution in [1.82, 2.24) is 10.1 Å². The van der Waals surface area contributed by atoms with E-state index < -0.39 is 0 Å². The van der Waals surface area contributed by atoms with Gasteiger partial charge in [-0.2, -0.15) is 10.2 Å². The van der Waals surface area contributed by atoms with E-state index in [0.717, 1.165) is 23.2 Å². The first-order valence-electron chi connectivity index (χ1n) is 7.17. The van der Waals surface area contributed by atoms with Crippen molar-refractivity contribution in [2.75, 3.05) is 0 Å². The summed E-state index contributed by atoms with van der Waals surface area (Å²) < 4.78 is 5.40. The van der Waals surface area contributed by atoms with Crippen molar-refractivity contribution in [2.45, 2.75) is 31.6 Å². The molecule has 0 amide bonds. The van der Waals surface area contributed by atoms with Gasteiger partial charge in [-0.15, -0.1) is 0 Å². The van der Waals surface area contributed by atoms with E-state index in [0.29, 0.717) is 17.4 Å². The second-order valence-electron chi connectivity index (χ2n) is 5.93. The van der Waals surface area contributed by atoms with E-state index in [1.807, 2.05) is 12.1 Å². The van der Waals surface area contributed by atoms with Gasteiger partial charge in [0, 0.05) is 11.5 Å². The number of fused-ring (bicyclic) bond motifs is 2. The number of nitrogens with zero attached hydrogens (tertiary/aromatic N) is 3. The third kappa shape index (κ3) is 1.82. The molecule has 0 spiro atoms. The van der Waals surface area contributed by atoms with Gasteiger partial charge in [0.2, 0.25) is 0 Å². The maximum absolute atomic E-state index is 8.94. The van der Waals surface area contributed by atoms with Crippen molar-refractivity contribution < 1.29 is 4.52 Å². The first-order valence-corrected chi connectivity index (χ1v) is 7.17. The van der Waals surface area contributed by atoms with Crippen molar-refractivity contribution in [3.63, 3.8) is 0 Å². The number of aromatic nitrogens is 2. The zero-order chi connectivity index (χ0) is 13.5. The molecular weight excluding hydrogens is 250 g/mol. The fourth-order valence-electron chi connectivity index (χ4n) is 3.79. The average Bonchev–Trinajstić information content (AvgIpc) is 3.22. The Morgan fingerprint density at radius 3 is 2.95 bits per heavy atom. The smallest absolute Gasteiger partial charge is 0.257 e. The fraction of sp³-hybridized carbons (Fsp3) is 0.438. The molecule has 2 fully saturated rings. The van der Waals surface area contributed by atoms with Gasteiger partial charge in [0.1, 0.15) is 0 Å². The lowest BCUT2D eigenvalue weighted by molar-refractivity contribution is 0.372. The minimum Gasteiger partial charge on any atom is -0.334 e. The minimum atomic E-state index is 0.477. The fourth-order valence-corrected chi connectivity index (χ4v) is 3.79. The van der Waals surface area contributed by atoms with E-state index >= 15 is 0 Å². The summed E-state index contributed by atoms with van der Waals surface area (Å²) in [4.78, 5) is 4.57. The molecule has 2 aliphatic carbocycles. The zero-order valence-corrected chi connectivity index (χ0v) is 11.1. The van der Waals surface area contributed by atoms with Crippen LogP contribution < -0.4 is 0 Å². The molecule has 0 radical (unpaired) electrons. The highest BCUT2D eigenvalue weighted by Crippen LogP contribution is 2.52. The summed E-state index contributed by atoms with van der Waals surface area (Å²) in [7, 11) is 0. The Morgan fingerprint density at radius 1 is 1.25 bits per heavy atom. The van der Waals surface area contributed by atoms with Gasteiger partial charge in [0.15, 0.2) is 5.82 Å². The maximum atomic E-state index is 8.94. The van der Waals surface area contributed by atoms with Crippen LogP contribution in [0.25, 0.3) is 11.5 Å². The van der Waals surface area contributed by atoms with Crippen LogP contribution in [0.3, 0.4) is 0 Å². The van der Waals surface area contributed by atoms with Gasteiger partial charge in [0.05, 0.1) is 11.6 Å². The molecule has 1 aromatic carbocycles. The highest BCUT2D eigenvalue weighted by Gasteiger charge is 2.42. The molecule has 4 heteroatoms. The molecule has 3 atom stereocenters. The Labute approximate surface area is 117 Å². The Morgan fingerprint density at radius 2 is 2.20 bits per heavy atom. The number of hydrogen-bond donors (Lipinski definition) is 0. The average molecular weight is 265 g/mol. The van der Waals surface area contributed by atoms with Crippen LogP contribution in [0.4, 0.5) is 0 Å². The molecule has 4 nitrogen and oxygen atoms in total. The molecule has 1 aromatic heterocycles. The number of rotatable bonds is 2. The summed E-state index contributed by atoms with van der Waals surface area (Å²) in [5, 5.41) is 13.1. The van der Waals surface area contributed by atoms with Crippen molar-refractivity contribution in [1.29, 1.82) is 5.26 Å². The Bertz CT molecular complexity index is 685. The molecule has 0 saturated heterocycles. The molecular formula is C16H15N3O. The normalized spacial score (nSPS) is 27.6. The Kier molecular flexibility index (Phi) is 2.59. The van der Waals surface area contributed by atoms with Gasteiger partial charge in [0.25, 0.3) is 5.89 Å². The quantitative estimate of drug-likeness (QED) is 0.833. The van der Waals surface area contributed by atoms with Crippen molar-refractivity contribution in [3.8, 4) is 17.5 Å². The van der Waals surface area contributed by atoms with Crippen LogP contribution in [0, 0.1) is 23.2 Å². The van der Waals surface area contributed by atoms with Crippen LogP contribution in [0.5, 0.6) is 0 Å². The van der Waals surface area contributed by atoms with Crippen LogP contribution in [0.2, 0.25) is 0 Å². The van der Waals surface area contributed by atoms with E-state index in [-0.39, 0.29) is 0 Å². The molecule has 100 valence electrons. The molecule has 2 bridgehead atoms. The molecule has 0 aliphatic heterocycles. The van der Waals surface area contributed by atoms with Crippen LogP contribution in [0.15, 0.2) is 28.8 Å². The molecule has 2 aliphatic rings. The standard InChI is InChI=1S/C16H15N3O/c17-9-11-2-1-3-13(7-11)16-18-15(19-20-16)14-8-10-4-5-12(14)6-10/h1-3,7,10,12,14H,4-6,8H2. The van der Waals surface area contributed by atoms with E-state index in [1.165, 1.54) is 25.7 Å². The third-order valence-electron chi connectivity index (χ3n) is 4.75. The van der Waals surface area contributed by atoms with Crippen LogP contribution in [-0.4, -0.2) is 10.1 Å². The van der Waals surface area contributed by atoms with Crippen LogP contribution >= 0.6 is 0 Å². The highest BCUT2D eigenvalue weighted by molar-refractivity contribution is 5.56. The lowest BCUT2D eigenvalue weighted by Gasteiger charge is -2.17. The largest absolute Gasteiger partial charge is 0.334 e. The van der Waals surface area contributed by atoms with Crippen molar-refractivity contribution in [2.24, 2.45) is 11.8 Å². The summed E-state index contributed by atoms with van der Waals surface area (Å²) in [6.07, 6.45) is 5.22. The van der Waals surface area contributed by atoms with Gasteiger partial charge in [-0.3, -0.25) is 0 Å². The van der Waals surface area contributed by atoms with Gasteiger partial charge in [-0.25, -0.2) is 0 Å². The van der Waals surface area contributed by atoms with E-state index in [4.69, 9.17) is 9.78 Å². The lowest BCUT2D eigenvalue weighted by atomic mass is 9.88.